The molecular formula is C16H24N4O2. The van der Waals surface area contributed by atoms with E-state index >= 15 is 0 Å². The van der Waals surface area contributed by atoms with Gasteiger partial charge in [-0.05, 0) is 43.9 Å². The fourth-order valence-corrected chi connectivity index (χ4v) is 4.69. The zero-order valence-electron chi connectivity index (χ0n) is 12.9. The van der Waals surface area contributed by atoms with Crippen molar-refractivity contribution in [1.82, 2.24) is 20.4 Å². The molecule has 120 valence electrons. The summed E-state index contributed by atoms with van der Waals surface area (Å²) < 4.78 is 2.24. The Morgan fingerprint density at radius 2 is 2.05 bits per heavy atom. The lowest BCUT2D eigenvalue weighted by atomic mass is 9.57. The molecule has 3 fully saturated rings. The van der Waals surface area contributed by atoms with Gasteiger partial charge >= 0.3 is 6.09 Å². The SMILES string of the molecule is O=C(O)NC12CCC(Cn3ncc4c3CCNC4)(CC1)CC2. The van der Waals surface area contributed by atoms with Crippen molar-refractivity contribution in [3.8, 4) is 0 Å². The Hall–Kier alpha value is -1.56. The maximum atomic E-state index is 11.0. The Kier molecular flexibility index (Phi) is 3.18. The highest BCUT2D eigenvalue weighted by Crippen LogP contribution is 2.53. The molecule has 1 aliphatic heterocycles. The average Bonchev–Trinajstić information content (AvgIpc) is 2.92. The van der Waals surface area contributed by atoms with Crippen LogP contribution < -0.4 is 10.6 Å². The minimum absolute atomic E-state index is 0.152. The van der Waals surface area contributed by atoms with Crippen LogP contribution in [0.2, 0.25) is 0 Å². The van der Waals surface area contributed by atoms with E-state index in [2.05, 4.69) is 20.4 Å². The Bertz CT molecular complexity index is 570. The number of rotatable bonds is 3. The number of nitrogens with one attached hydrogen (secondary N) is 2. The Labute approximate surface area is 130 Å². The molecule has 6 heteroatoms. The van der Waals surface area contributed by atoms with Crippen LogP contribution in [0.25, 0.3) is 0 Å². The summed E-state index contributed by atoms with van der Waals surface area (Å²) in [6, 6.07) is 0. The summed E-state index contributed by atoms with van der Waals surface area (Å²) in [5, 5.41) is 19.9. The molecule has 6 nitrogen and oxygen atoms in total. The second kappa shape index (κ2) is 4.98. The van der Waals surface area contributed by atoms with E-state index in [9.17, 15) is 4.79 Å². The number of hydrogen-bond acceptors (Lipinski definition) is 3. The summed E-state index contributed by atoms with van der Waals surface area (Å²) in [7, 11) is 0. The van der Waals surface area contributed by atoms with E-state index in [-0.39, 0.29) is 5.54 Å². The van der Waals surface area contributed by atoms with E-state index in [0.29, 0.717) is 5.41 Å². The first-order valence-electron chi connectivity index (χ1n) is 8.35. The zero-order chi connectivity index (χ0) is 15.2. The minimum atomic E-state index is -0.872. The van der Waals surface area contributed by atoms with Crippen LogP contribution in [0.5, 0.6) is 0 Å². The molecule has 0 atom stereocenters. The highest BCUT2D eigenvalue weighted by Gasteiger charge is 2.49. The smallest absolute Gasteiger partial charge is 0.405 e. The summed E-state index contributed by atoms with van der Waals surface area (Å²) in [5.41, 5.74) is 2.92. The minimum Gasteiger partial charge on any atom is -0.465 e. The summed E-state index contributed by atoms with van der Waals surface area (Å²) in [5.74, 6) is 0. The molecule has 1 aromatic rings. The number of amides is 1. The first-order valence-corrected chi connectivity index (χ1v) is 8.35. The van der Waals surface area contributed by atoms with E-state index in [0.717, 1.165) is 64.6 Å². The third-order valence-electron chi connectivity index (χ3n) is 6.15. The van der Waals surface area contributed by atoms with Gasteiger partial charge in [0.2, 0.25) is 0 Å². The van der Waals surface area contributed by atoms with Gasteiger partial charge in [0.25, 0.3) is 0 Å². The molecule has 2 bridgehead atoms. The summed E-state index contributed by atoms with van der Waals surface area (Å²) >= 11 is 0. The largest absolute Gasteiger partial charge is 0.465 e. The summed E-state index contributed by atoms with van der Waals surface area (Å²) in [6.07, 6.45) is 8.47. The maximum Gasteiger partial charge on any atom is 0.405 e. The lowest BCUT2D eigenvalue weighted by Crippen LogP contribution is -2.57. The number of fused-ring (bicyclic) bond motifs is 4. The van der Waals surface area contributed by atoms with Gasteiger partial charge in [0.05, 0.1) is 6.20 Å². The quantitative estimate of drug-likeness (QED) is 0.797. The van der Waals surface area contributed by atoms with Crippen molar-refractivity contribution in [2.24, 2.45) is 5.41 Å². The second-order valence-corrected chi connectivity index (χ2v) is 7.41. The molecule has 3 aliphatic carbocycles. The van der Waals surface area contributed by atoms with E-state index in [1.165, 1.54) is 11.3 Å². The van der Waals surface area contributed by atoms with Crippen LogP contribution in [0.15, 0.2) is 6.20 Å². The van der Waals surface area contributed by atoms with Crippen LogP contribution >= 0.6 is 0 Å². The van der Waals surface area contributed by atoms with Crippen molar-refractivity contribution >= 4 is 6.09 Å². The first kappa shape index (κ1) is 14.1. The number of aromatic nitrogens is 2. The molecule has 0 unspecified atom stereocenters. The Morgan fingerprint density at radius 1 is 1.32 bits per heavy atom. The molecule has 22 heavy (non-hydrogen) atoms. The standard InChI is InChI=1S/C16H24N4O2/c21-14(22)19-16-5-2-15(3-6-16,4-7-16)11-20-13-1-8-17-9-12(13)10-18-20/h10,17,19H,1-9,11H2,(H,21,22). The molecule has 5 rings (SSSR count). The van der Waals surface area contributed by atoms with Gasteiger partial charge in [-0.3, -0.25) is 4.68 Å². The van der Waals surface area contributed by atoms with Crippen molar-refractivity contribution in [2.75, 3.05) is 6.54 Å². The molecule has 3 N–H and O–H groups in total. The molecule has 0 saturated heterocycles. The zero-order valence-corrected chi connectivity index (χ0v) is 12.9. The highest BCUT2D eigenvalue weighted by molar-refractivity contribution is 5.65. The van der Waals surface area contributed by atoms with Gasteiger partial charge in [-0.2, -0.15) is 5.10 Å². The van der Waals surface area contributed by atoms with Crippen LogP contribution in [0.3, 0.4) is 0 Å². The monoisotopic (exact) mass is 304 g/mol. The predicted molar refractivity (Wildman–Crippen MR) is 81.7 cm³/mol. The molecule has 4 aliphatic rings. The van der Waals surface area contributed by atoms with Gasteiger partial charge in [-0.15, -0.1) is 0 Å². The van der Waals surface area contributed by atoms with Crippen LogP contribution in [0, 0.1) is 5.41 Å². The predicted octanol–water partition coefficient (Wildman–Crippen LogP) is 1.89. The molecule has 0 spiro atoms. The lowest BCUT2D eigenvalue weighted by molar-refractivity contribution is 0.00947. The van der Waals surface area contributed by atoms with Crippen LogP contribution in [0.1, 0.15) is 49.8 Å². The van der Waals surface area contributed by atoms with Gasteiger partial charge in [0, 0.05) is 42.9 Å². The molecule has 0 radical (unpaired) electrons. The van der Waals surface area contributed by atoms with E-state index < -0.39 is 6.09 Å². The van der Waals surface area contributed by atoms with Gasteiger partial charge in [0.15, 0.2) is 0 Å². The number of carbonyl (C=O) groups is 1. The van der Waals surface area contributed by atoms with Gasteiger partial charge in [-0.25, -0.2) is 4.79 Å². The van der Waals surface area contributed by atoms with E-state index in [4.69, 9.17) is 5.11 Å². The number of hydrogen-bond donors (Lipinski definition) is 3. The molecule has 2 heterocycles. The maximum absolute atomic E-state index is 11.0. The van der Waals surface area contributed by atoms with Crippen molar-refractivity contribution in [2.45, 2.75) is 63.6 Å². The molecule has 3 saturated carbocycles. The Morgan fingerprint density at radius 3 is 2.73 bits per heavy atom. The number of carboxylic acid groups (broad SMARTS) is 1. The van der Waals surface area contributed by atoms with E-state index in [1.807, 2.05) is 6.20 Å². The highest BCUT2D eigenvalue weighted by atomic mass is 16.4. The lowest BCUT2D eigenvalue weighted by Gasteiger charge is -2.53. The molecular weight excluding hydrogens is 280 g/mol. The fraction of sp³-hybridized carbons (Fsp3) is 0.750. The first-order chi connectivity index (χ1) is 10.6. The topological polar surface area (TPSA) is 79.2 Å². The van der Waals surface area contributed by atoms with Gasteiger partial charge in [-0.1, -0.05) is 0 Å². The average molecular weight is 304 g/mol. The van der Waals surface area contributed by atoms with Gasteiger partial charge in [0.1, 0.15) is 0 Å². The Balaban J connectivity index is 1.49. The van der Waals surface area contributed by atoms with Crippen molar-refractivity contribution in [3.63, 3.8) is 0 Å². The van der Waals surface area contributed by atoms with Crippen LogP contribution in [0.4, 0.5) is 4.79 Å². The van der Waals surface area contributed by atoms with Crippen LogP contribution in [-0.4, -0.2) is 33.1 Å². The van der Waals surface area contributed by atoms with Gasteiger partial charge < -0.3 is 15.7 Å². The van der Waals surface area contributed by atoms with Crippen molar-refractivity contribution < 1.29 is 9.90 Å². The number of nitrogens with zero attached hydrogens (tertiary/aromatic N) is 2. The molecule has 1 amide bonds. The molecule has 0 aromatic carbocycles. The van der Waals surface area contributed by atoms with Crippen molar-refractivity contribution in [3.05, 3.63) is 17.5 Å². The second-order valence-electron chi connectivity index (χ2n) is 7.41. The normalized spacial score (nSPS) is 33.5. The van der Waals surface area contributed by atoms with Crippen molar-refractivity contribution in [1.29, 1.82) is 0 Å². The van der Waals surface area contributed by atoms with E-state index in [1.54, 1.807) is 0 Å². The third kappa shape index (κ3) is 2.29. The molecule has 1 aromatic heterocycles. The third-order valence-corrected chi connectivity index (χ3v) is 6.15. The summed E-state index contributed by atoms with van der Waals surface area (Å²) in [6.45, 7) is 2.98. The summed E-state index contributed by atoms with van der Waals surface area (Å²) in [4.78, 5) is 11.0. The van der Waals surface area contributed by atoms with Crippen LogP contribution in [-0.2, 0) is 19.5 Å². The fourth-order valence-electron chi connectivity index (χ4n) is 4.69.